The van der Waals surface area contributed by atoms with E-state index in [1.165, 1.54) is 11.8 Å². The van der Waals surface area contributed by atoms with Gasteiger partial charge in [0.05, 0.1) is 20.5 Å². The van der Waals surface area contributed by atoms with Crippen molar-refractivity contribution in [3.8, 4) is 0 Å². The number of hydrogen-bond donors (Lipinski definition) is 1. The van der Waals surface area contributed by atoms with Gasteiger partial charge in [-0.3, -0.25) is 28.8 Å². The van der Waals surface area contributed by atoms with Gasteiger partial charge >= 0.3 is 0 Å². The number of carbonyl (C=O) groups is 6. The van der Waals surface area contributed by atoms with Crippen LogP contribution in [-0.2, 0) is 9.59 Å². The van der Waals surface area contributed by atoms with E-state index in [-0.39, 0.29) is 65.8 Å². The Morgan fingerprint density at radius 2 is 1.28 bits per heavy atom. The number of anilines is 2. The van der Waals surface area contributed by atoms with Gasteiger partial charge in [-0.15, -0.1) is 11.6 Å². The zero-order valence-corrected chi connectivity index (χ0v) is 34.0. The van der Waals surface area contributed by atoms with Gasteiger partial charge in [-0.1, -0.05) is 6.92 Å². The molecule has 2 amide bonds. The fourth-order valence-corrected chi connectivity index (χ4v) is 11.0. The van der Waals surface area contributed by atoms with E-state index < -0.39 is 11.1 Å². The third-order valence-electron chi connectivity index (χ3n) is 6.77. The van der Waals surface area contributed by atoms with Crippen molar-refractivity contribution in [3.63, 3.8) is 0 Å². The third kappa shape index (κ3) is 8.68. The molecule has 0 saturated carbocycles. The van der Waals surface area contributed by atoms with E-state index in [1.54, 1.807) is 27.8 Å². The molecule has 0 aliphatic carbocycles. The predicted octanol–water partition coefficient (Wildman–Crippen LogP) is 8.48. The minimum Gasteiger partial charge on any atom is -0.325 e. The maximum absolute atomic E-state index is 13.6. The Hall–Kier alpha value is -0.440. The standard InChI is InChI=1S/C29H28Cl2I4N2O6/c1-6-15(39)21-23(32)20(13(3)28(26(21)35)37(5)14(4)38)17(41)9-10-18(42)36-27-12(2)19(16(40)8-7-11-30)24(33)22(25(27)34)29(31)43/h6-11H2,1-5H3,(H,36,42). The van der Waals surface area contributed by atoms with Gasteiger partial charge in [0.25, 0.3) is 5.24 Å². The number of ketones is 3. The Labute approximate surface area is 315 Å². The van der Waals surface area contributed by atoms with E-state index in [9.17, 15) is 28.8 Å². The largest absolute Gasteiger partial charge is 0.325 e. The van der Waals surface area contributed by atoms with Gasteiger partial charge in [0.1, 0.15) is 0 Å². The van der Waals surface area contributed by atoms with Crippen molar-refractivity contribution in [2.45, 2.75) is 59.8 Å². The monoisotopic (exact) mass is 1080 g/mol. The molecule has 8 nitrogen and oxygen atoms in total. The van der Waals surface area contributed by atoms with E-state index in [2.05, 4.69) is 5.32 Å². The van der Waals surface area contributed by atoms with Crippen LogP contribution in [0.1, 0.15) is 98.5 Å². The highest BCUT2D eigenvalue weighted by Crippen LogP contribution is 2.38. The lowest BCUT2D eigenvalue weighted by Crippen LogP contribution is -2.27. The van der Waals surface area contributed by atoms with Crippen LogP contribution in [0.5, 0.6) is 0 Å². The summed E-state index contributed by atoms with van der Waals surface area (Å²) in [6.07, 6.45) is 0.426. The summed E-state index contributed by atoms with van der Waals surface area (Å²) in [5.74, 6) is -1.22. The van der Waals surface area contributed by atoms with Gasteiger partial charge in [0, 0.05) is 72.9 Å². The molecular formula is C29H28Cl2I4N2O6. The fourth-order valence-electron chi connectivity index (χ4n) is 4.46. The van der Waals surface area contributed by atoms with Crippen molar-refractivity contribution in [1.29, 1.82) is 0 Å². The number of benzene rings is 2. The first-order chi connectivity index (χ1) is 20.0. The van der Waals surface area contributed by atoms with E-state index in [1.807, 2.05) is 90.4 Å². The summed E-state index contributed by atoms with van der Waals surface area (Å²) in [7, 11) is 1.58. The minimum absolute atomic E-state index is 0.119. The lowest BCUT2D eigenvalue weighted by Gasteiger charge is -2.25. The lowest BCUT2D eigenvalue weighted by molar-refractivity contribution is -0.117. The second-order valence-corrected chi connectivity index (χ2v) is 14.6. The van der Waals surface area contributed by atoms with Gasteiger partial charge < -0.3 is 10.2 Å². The van der Waals surface area contributed by atoms with Crippen molar-refractivity contribution in [2.75, 3.05) is 23.1 Å². The van der Waals surface area contributed by atoms with Crippen LogP contribution in [0, 0.1) is 28.1 Å². The minimum atomic E-state index is -0.765. The molecular weight excluding hydrogens is 1050 g/mol. The van der Waals surface area contributed by atoms with E-state index >= 15 is 0 Å². The third-order valence-corrected chi connectivity index (χ3v) is 11.5. The highest BCUT2D eigenvalue weighted by Gasteiger charge is 2.30. The Bertz CT molecular complexity index is 1540. The molecule has 0 atom stereocenters. The maximum atomic E-state index is 13.6. The zero-order chi connectivity index (χ0) is 32.9. The molecule has 2 aromatic rings. The van der Waals surface area contributed by atoms with E-state index in [4.69, 9.17) is 23.2 Å². The molecule has 0 fully saturated rings. The number of alkyl halides is 1. The van der Waals surface area contributed by atoms with Crippen LogP contribution >= 0.6 is 114 Å². The summed E-state index contributed by atoms with van der Waals surface area (Å²) in [5.41, 5.74) is 2.85. The zero-order valence-electron chi connectivity index (χ0n) is 23.9. The molecule has 0 saturated heterocycles. The fraction of sp³-hybridized carbons (Fsp3) is 0.379. The number of nitrogens with one attached hydrogen (secondary N) is 1. The SMILES string of the molecule is CCC(=O)c1c(I)c(C(=O)CCC(=O)Nc2c(C)c(C(=O)CCCCl)c(I)c(C(=O)Cl)c2I)c(C)c(N(C)C(C)=O)c1I. The molecule has 2 rings (SSSR count). The molecule has 0 bridgehead atoms. The van der Waals surface area contributed by atoms with Crippen LogP contribution in [0.15, 0.2) is 0 Å². The highest BCUT2D eigenvalue weighted by atomic mass is 127. The van der Waals surface area contributed by atoms with Crippen LogP contribution in [0.4, 0.5) is 11.4 Å². The Morgan fingerprint density at radius 1 is 0.744 bits per heavy atom. The highest BCUT2D eigenvalue weighted by molar-refractivity contribution is 14.1. The molecule has 43 heavy (non-hydrogen) atoms. The molecule has 0 spiro atoms. The molecule has 14 heteroatoms. The maximum Gasteiger partial charge on any atom is 0.254 e. The van der Waals surface area contributed by atoms with Crippen molar-refractivity contribution < 1.29 is 28.8 Å². The number of carbonyl (C=O) groups excluding carboxylic acids is 6. The topological polar surface area (TPSA) is 118 Å². The van der Waals surface area contributed by atoms with Crippen LogP contribution < -0.4 is 10.2 Å². The summed E-state index contributed by atoms with van der Waals surface area (Å²) in [4.78, 5) is 78.7. The lowest BCUT2D eigenvalue weighted by atomic mass is 9.94. The van der Waals surface area contributed by atoms with Crippen molar-refractivity contribution in [3.05, 3.63) is 47.7 Å². The molecule has 0 aromatic heterocycles. The molecule has 0 radical (unpaired) electrons. The quantitative estimate of drug-likeness (QED) is 0.0932. The van der Waals surface area contributed by atoms with Crippen LogP contribution in [0.3, 0.4) is 0 Å². The number of halogens is 6. The average Bonchev–Trinajstić information content (AvgIpc) is 2.92. The summed E-state index contributed by atoms with van der Waals surface area (Å²) >= 11 is 19.5. The van der Waals surface area contributed by atoms with Crippen LogP contribution in [0.25, 0.3) is 0 Å². The molecule has 0 unspecified atom stereocenters. The van der Waals surface area contributed by atoms with E-state index in [0.717, 1.165) is 0 Å². The Morgan fingerprint density at radius 3 is 1.79 bits per heavy atom. The number of nitrogens with zero attached hydrogens (tertiary/aromatic N) is 1. The Balaban J connectivity index is 2.50. The number of Topliss-reactive ketones (excluding diaryl/α,β-unsaturated/α-hetero) is 3. The smallest absolute Gasteiger partial charge is 0.254 e. The molecule has 0 heterocycles. The van der Waals surface area contributed by atoms with Crippen LogP contribution in [0.2, 0.25) is 0 Å². The summed E-state index contributed by atoms with van der Waals surface area (Å²) in [6.45, 7) is 6.52. The molecule has 2 aromatic carbocycles. The first-order valence-corrected chi connectivity index (χ1v) is 18.2. The summed E-state index contributed by atoms with van der Waals surface area (Å²) in [6, 6.07) is 0. The number of hydrogen-bond acceptors (Lipinski definition) is 6. The number of amides is 2. The normalized spacial score (nSPS) is 10.9. The first kappa shape index (κ1) is 38.7. The first-order valence-electron chi connectivity index (χ1n) is 13.0. The second-order valence-electron chi connectivity index (χ2n) is 9.55. The van der Waals surface area contributed by atoms with Crippen molar-refractivity contribution in [2.24, 2.45) is 0 Å². The van der Waals surface area contributed by atoms with Gasteiger partial charge in [0.2, 0.25) is 11.8 Å². The van der Waals surface area contributed by atoms with Gasteiger partial charge in [0.15, 0.2) is 17.3 Å². The Kier molecular flexibility index (Phi) is 15.2. The summed E-state index contributed by atoms with van der Waals surface area (Å²) < 4.78 is 1.85. The van der Waals surface area contributed by atoms with Gasteiger partial charge in [-0.2, -0.15) is 0 Å². The molecule has 1 N–H and O–H groups in total. The average molecular weight is 1080 g/mol. The molecule has 232 valence electrons. The van der Waals surface area contributed by atoms with Gasteiger partial charge in [-0.05, 0) is 133 Å². The summed E-state index contributed by atoms with van der Waals surface area (Å²) in [5, 5.41) is 2.01. The molecule has 0 aliphatic heterocycles. The van der Waals surface area contributed by atoms with Crippen molar-refractivity contribution >= 4 is 159 Å². The second kappa shape index (κ2) is 16.9. The van der Waals surface area contributed by atoms with Crippen LogP contribution in [-0.4, -0.2) is 47.3 Å². The number of rotatable bonds is 13. The van der Waals surface area contributed by atoms with Gasteiger partial charge in [-0.25, -0.2) is 0 Å². The van der Waals surface area contributed by atoms with Crippen molar-refractivity contribution in [1.82, 2.24) is 0 Å². The van der Waals surface area contributed by atoms with E-state index in [0.29, 0.717) is 54.5 Å². The molecule has 0 aliphatic rings. The predicted molar refractivity (Wildman–Crippen MR) is 204 cm³/mol.